The van der Waals surface area contributed by atoms with Gasteiger partial charge in [-0.15, -0.1) is 0 Å². The first kappa shape index (κ1) is 16.0. The second-order valence-electron chi connectivity index (χ2n) is 4.87. The van der Waals surface area contributed by atoms with Gasteiger partial charge in [0.2, 0.25) is 0 Å². The molecule has 0 unspecified atom stereocenters. The van der Waals surface area contributed by atoms with Crippen molar-refractivity contribution in [3.05, 3.63) is 58.6 Å². The van der Waals surface area contributed by atoms with Gasteiger partial charge in [0.25, 0.3) is 0 Å². The van der Waals surface area contributed by atoms with Gasteiger partial charge in [-0.3, -0.25) is 0 Å². The number of halogens is 1. The quantitative estimate of drug-likeness (QED) is 0.731. The Morgan fingerprint density at radius 2 is 1.90 bits per heavy atom. The van der Waals surface area contributed by atoms with Crippen LogP contribution in [0.15, 0.2) is 53.0 Å². The number of para-hydroxylation sites is 1. The van der Waals surface area contributed by atoms with Crippen LogP contribution >= 0.6 is 28.1 Å². The Kier molecular flexibility index (Phi) is 5.76. The first-order valence-electron chi connectivity index (χ1n) is 7.05. The predicted molar refractivity (Wildman–Crippen MR) is 98.4 cm³/mol. The van der Waals surface area contributed by atoms with Crippen LogP contribution in [0.1, 0.15) is 25.3 Å². The van der Waals surface area contributed by atoms with Gasteiger partial charge in [-0.1, -0.05) is 59.7 Å². The normalized spacial score (nSPS) is 10.4. The highest BCUT2D eigenvalue weighted by Gasteiger charge is 2.15. The monoisotopic (exact) mass is 362 g/mol. The van der Waals surface area contributed by atoms with Crippen LogP contribution in [0.2, 0.25) is 0 Å². The highest BCUT2D eigenvalue weighted by molar-refractivity contribution is 9.10. The van der Waals surface area contributed by atoms with Gasteiger partial charge in [0, 0.05) is 22.3 Å². The van der Waals surface area contributed by atoms with E-state index in [0.717, 1.165) is 40.8 Å². The van der Waals surface area contributed by atoms with Crippen LogP contribution in [0, 0.1) is 0 Å². The minimum Gasteiger partial charge on any atom is -0.389 e. The van der Waals surface area contributed by atoms with Crippen LogP contribution in [0.25, 0.3) is 0 Å². The van der Waals surface area contributed by atoms with E-state index in [1.54, 1.807) is 0 Å². The number of thiocarbonyl (C=S) groups is 1. The van der Waals surface area contributed by atoms with Crippen LogP contribution in [0.3, 0.4) is 0 Å². The molecule has 0 aliphatic rings. The molecule has 0 spiro atoms. The summed E-state index contributed by atoms with van der Waals surface area (Å²) in [6, 6.07) is 16.4. The zero-order valence-electron chi connectivity index (χ0n) is 12.1. The van der Waals surface area contributed by atoms with Crippen molar-refractivity contribution in [2.24, 2.45) is 5.73 Å². The van der Waals surface area contributed by atoms with Crippen molar-refractivity contribution in [2.75, 3.05) is 11.4 Å². The molecule has 0 fully saturated rings. The molecular weight excluding hydrogens is 344 g/mol. The molecule has 0 saturated carbocycles. The van der Waals surface area contributed by atoms with E-state index < -0.39 is 0 Å². The molecule has 2 aromatic carbocycles. The number of rotatable bonds is 6. The van der Waals surface area contributed by atoms with Gasteiger partial charge in [0.05, 0.1) is 5.69 Å². The third kappa shape index (κ3) is 4.05. The number of anilines is 2. The van der Waals surface area contributed by atoms with Crippen molar-refractivity contribution in [3.8, 4) is 0 Å². The van der Waals surface area contributed by atoms with Crippen LogP contribution in [0.5, 0.6) is 0 Å². The fourth-order valence-electron chi connectivity index (χ4n) is 2.25. The molecule has 0 aliphatic carbocycles. The molecule has 0 amide bonds. The largest absolute Gasteiger partial charge is 0.389 e. The van der Waals surface area contributed by atoms with Crippen molar-refractivity contribution < 1.29 is 0 Å². The maximum absolute atomic E-state index is 5.90. The SMILES string of the molecule is CCCCN(c1ccccc1)c1cc(Br)ccc1C(N)=S. The summed E-state index contributed by atoms with van der Waals surface area (Å²) in [6.07, 6.45) is 2.25. The number of nitrogens with zero attached hydrogens (tertiary/aromatic N) is 1. The number of unbranched alkanes of at least 4 members (excludes halogenated alkanes) is 1. The van der Waals surface area contributed by atoms with Gasteiger partial charge in [-0.25, -0.2) is 0 Å². The Morgan fingerprint density at radius 3 is 2.52 bits per heavy atom. The Balaban J connectivity index is 2.50. The number of nitrogens with two attached hydrogens (primary N) is 1. The Morgan fingerprint density at radius 1 is 1.19 bits per heavy atom. The van der Waals surface area contributed by atoms with E-state index in [4.69, 9.17) is 18.0 Å². The van der Waals surface area contributed by atoms with Crippen molar-refractivity contribution in [2.45, 2.75) is 19.8 Å². The summed E-state index contributed by atoms with van der Waals surface area (Å²) < 4.78 is 1.02. The fraction of sp³-hybridized carbons (Fsp3) is 0.235. The standard InChI is InChI=1S/C17H19BrN2S/c1-2-3-11-20(14-7-5-4-6-8-14)16-12-13(18)9-10-15(16)17(19)21/h4-10,12H,2-3,11H2,1H3,(H2,19,21). The van der Waals surface area contributed by atoms with Gasteiger partial charge < -0.3 is 10.6 Å². The molecule has 2 aromatic rings. The number of hydrogen-bond donors (Lipinski definition) is 1. The van der Waals surface area contributed by atoms with E-state index in [9.17, 15) is 0 Å². The van der Waals surface area contributed by atoms with Gasteiger partial charge in [0.15, 0.2) is 0 Å². The lowest BCUT2D eigenvalue weighted by Crippen LogP contribution is -2.22. The molecule has 0 atom stereocenters. The lowest BCUT2D eigenvalue weighted by molar-refractivity contribution is 0.785. The second-order valence-corrected chi connectivity index (χ2v) is 6.22. The van der Waals surface area contributed by atoms with Crippen molar-refractivity contribution in [3.63, 3.8) is 0 Å². The molecular formula is C17H19BrN2S. The molecule has 110 valence electrons. The maximum atomic E-state index is 5.90. The van der Waals surface area contributed by atoms with Crippen LogP contribution < -0.4 is 10.6 Å². The summed E-state index contributed by atoms with van der Waals surface area (Å²) in [5.41, 5.74) is 9.02. The van der Waals surface area contributed by atoms with Crippen LogP contribution in [-0.2, 0) is 0 Å². The molecule has 0 saturated heterocycles. The van der Waals surface area contributed by atoms with Gasteiger partial charge in [0.1, 0.15) is 4.99 Å². The Hall–Kier alpha value is -1.39. The molecule has 0 bridgehead atoms. The lowest BCUT2D eigenvalue weighted by atomic mass is 10.1. The first-order valence-corrected chi connectivity index (χ1v) is 8.25. The van der Waals surface area contributed by atoms with Crippen molar-refractivity contribution in [1.82, 2.24) is 0 Å². The van der Waals surface area contributed by atoms with Gasteiger partial charge in [-0.05, 0) is 36.8 Å². The molecule has 2 N–H and O–H groups in total. The van der Waals surface area contributed by atoms with Gasteiger partial charge in [-0.2, -0.15) is 0 Å². The van der Waals surface area contributed by atoms with E-state index in [1.807, 2.05) is 30.3 Å². The molecule has 0 aromatic heterocycles. The smallest absolute Gasteiger partial charge is 0.106 e. The lowest BCUT2D eigenvalue weighted by Gasteiger charge is -2.27. The molecule has 4 heteroatoms. The number of benzene rings is 2. The molecule has 0 heterocycles. The molecule has 0 radical (unpaired) electrons. The zero-order chi connectivity index (χ0) is 15.2. The summed E-state index contributed by atoms with van der Waals surface area (Å²) >= 11 is 8.75. The number of hydrogen-bond acceptors (Lipinski definition) is 2. The molecule has 2 rings (SSSR count). The fourth-order valence-corrected chi connectivity index (χ4v) is 2.77. The maximum Gasteiger partial charge on any atom is 0.106 e. The van der Waals surface area contributed by atoms with Crippen molar-refractivity contribution >= 4 is 44.5 Å². The molecule has 2 nitrogen and oxygen atoms in total. The molecule has 0 aliphatic heterocycles. The molecule has 21 heavy (non-hydrogen) atoms. The summed E-state index contributed by atoms with van der Waals surface area (Å²) in [7, 11) is 0. The van der Waals surface area contributed by atoms with Gasteiger partial charge >= 0.3 is 0 Å². The Labute approximate surface area is 140 Å². The highest BCUT2D eigenvalue weighted by atomic mass is 79.9. The zero-order valence-corrected chi connectivity index (χ0v) is 14.5. The minimum absolute atomic E-state index is 0.426. The third-order valence-corrected chi connectivity index (χ3v) is 4.03. The van der Waals surface area contributed by atoms with E-state index in [2.05, 4.69) is 46.0 Å². The summed E-state index contributed by atoms with van der Waals surface area (Å²) in [4.78, 5) is 2.71. The van der Waals surface area contributed by atoms with Crippen molar-refractivity contribution in [1.29, 1.82) is 0 Å². The van der Waals surface area contributed by atoms with E-state index in [1.165, 1.54) is 0 Å². The van der Waals surface area contributed by atoms with Crippen LogP contribution in [-0.4, -0.2) is 11.5 Å². The first-order chi connectivity index (χ1) is 10.1. The summed E-state index contributed by atoms with van der Waals surface area (Å²) in [5, 5.41) is 0. The Bertz CT molecular complexity index is 613. The van der Waals surface area contributed by atoms with E-state index in [0.29, 0.717) is 4.99 Å². The predicted octanol–water partition coefficient (Wildman–Crippen LogP) is 5.02. The van der Waals surface area contributed by atoms with E-state index in [-0.39, 0.29) is 0 Å². The van der Waals surface area contributed by atoms with E-state index >= 15 is 0 Å². The minimum atomic E-state index is 0.426. The average Bonchev–Trinajstić information content (AvgIpc) is 2.48. The average molecular weight is 363 g/mol. The highest BCUT2D eigenvalue weighted by Crippen LogP contribution is 2.31. The second kappa shape index (κ2) is 7.57. The summed E-state index contributed by atoms with van der Waals surface area (Å²) in [5.74, 6) is 0. The summed E-state index contributed by atoms with van der Waals surface area (Å²) in [6.45, 7) is 3.13. The third-order valence-electron chi connectivity index (χ3n) is 3.32. The topological polar surface area (TPSA) is 29.3 Å². The van der Waals surface area contributed by atoms with Crippen LogP contribution in [0.4, 0.5) is 11.4 Å².